The summed E-state index contributed by atoms with van der Waals surface area (Å²) in [5.74, 6) is 0.551. The number of piperazine rings is 1. The van der Waals surface area contributed by atoms with Crippen LogP contribution in [0.2, 0.25) is 0 Å². The zero-order chi connectivity index (χ0) is 14.7. The number of nitrogen functional groups attached to an aromatic ring is 1. The van der Waals surface area contributed by atoms with Gasteiger partial charge in [0.2, 0.25) is 11.8 Å². The van der Waals surface area contributed by atoms with Crippen LogP contribution in [0.15, 0.2) is 18.2 Å². The van der Waals surface area contributed by atoms with Crippen LogP contribution in [0.25, 0.3) is 0 Å². The number of nitrogens with zero attached hydrogens (tertiary/aromatic N) is 2. The lowest BCUT2D eigenvalue weighted by atomic mass is 10.1. The van der Waals surface area contributed by atoms with E-state index in [1.54, 1.807) is 29.0 Å². The Morgan fingerprint density at radius 3 is 2.50 bits per heavy atom. The van der Waals surface area contributed by atoms with Gasteiger partial charge in [0.1, 0.15) is 12.3 Å². The fraction of sp³-hybridized carbons (Fsp3) is 0.429. The molecule has 1 heterocycles. The molecule has 0 aliphatic carbocycles. The zero-order valence-corrected chi connectivity index (χ0v) is 11.8. The maximum atomic E-state index is 12.0. The highest BCUT2D eigenvalue weighted by Gasteiger charge is 2.29. The highest BCUT2D eigenvalue weighted by Crippen LogP contribution is 2.23. The van der Waals surface area contributed by atoms with Crippen LogP contribution in [0.3, 0.4) is 0 Å². The molecule has 0 atom stereocenters. The van der Waals surface area contributed by atoms with Crippen molar-refractivity contribution in [3.63, 3.8) is 0 Å². The van der Waals surface area contributed by atoms with E-state index in [1.165, 1.54) is 0 Å². The maximum Gasteiger partial charge on any atom is 0.242 e. The van der Waals surface area contributed by atoms with Crippen molar-refractivity contribution in [3.8, 4) is 5.75 Å². The number of anilines is 1. The second-order valence-electron chi connectivity index (χ2n) is 4.73. The summed E-state index contributed by atoms with van der Waals surface area (Å²) in [4.78, 5) is 27.0. The smallest absolute Gasteiger partial charge is 0.242 e. The molecule has 0 radical (unpaired) electrons. The lowest BCUT2D eigenvalue weighted by Gasteiger charge is -2.33. The highest BCUT2D eigenvalue weighted by molar-refractivity contribution is 5.92. The Hall–Kier alpha value is -2.24. The number of hydrogen-bond donors (Lipinski definition) is 1. The summed E-state index contributed by atoms with van der Waals surface area (Å²) in [6.07, 6.45) is 0. The van der Waals surface area contributed by atoms with E-state index >= 15 is 0 Å². The SMILES string of the molecule is CCN1CC(=O)N(Cc2ccc(N)cc2OC)CC1=O. The Morgan fingerprint density at radius 1 is 1.20 bits per heavy atom. The molecule has 0 bridgehead atoms. The average molecular weight is 277 g/mol. The zero-order valence-electron chi connectivity index (χ0n) is 11.8. The molecule has 1 aromatic rings. The number of rotatable bonds is 4. The molecule has 1 saturated heterocycles. The summed E-state index contributed by atoms with van der Waals surface area (Å²) in [5, 5.41) is 0. The van der Waals surface area contributed by atoms with Crippen LogP contribution in [-0.4, -0.2) is 48.4 Å². The third kappa shape index (κ3) is 2.84. The number of methoxy groups -OCH3 is 1. The first-order valence-electron chi connectivity index (χ1n) is 6.53. The van der Waals surface area contributed by atoms with Gasteiger partial charge in [0, 0.05) is 30.4 Å². The Labute approximate surface area is 118 Å². The van der Waals surface area contributed by atoms with Crippen LogP contribution in [0.4, 0.5) is 5.69 Å². The number of carbonyl (C=O) groups is 2. The van der Waals surface area contributed by atoms with Gasteiger partial charge in [-0.1, -0.05) is 6.07 Å². The quantitative estimate of drug-likeness (QED) is 0.812. The predicted molar refractivity (Wildman–Crippen MR) is 75.1 cm³/mol. The van der Waals surface area contributed by atoms with Crippen molar-refractivity contribution >= 4 is 17.5 Å². The summed E-state index contributed by atoms with van der Waals surface area (Å²) in [5.41, 5.74) is 7.14. The monoisotopic (exact) mass is 277 g/mol. The molecular weight excluding hydrogens is 258 g/mol. The minimum Gasteiger partial charge on any atom is -0.496 e. The lowest BCUT2D eigenvalue weighted by molar-refractivity contribution is -0.150. The topological polar surface area (TPSA) is 75.9 Å². The van der Waals surface area contributed by atoms with Gasteiger partial charge in [-0.25, -0.2) is 0 Å². The number of ether oxygens (including phenoxy) is 1. The second kappa shape index (κ2) is 5.81. The van der Waals surface area contributed by atoms with Crippen molar-refractivity contribution in [1.29, 1.82) is 0 Å². The van der Waals surface area contributed by atoms with E-state index in [1.807, 2.05) is 13.0 Å². The van der Waals surface area contributed by atoms with E-state index in [0.717, 1.165) is 5.56 Å². The van der Waals surface area contributed by atoms with Crippen molar-refractivity contribution in [2.24, 2.45) is 0 Å². The molecule has 1 aliphatic heterocycles. The minimum absolute atomic E-state index is 0.0264. The molecule has 0 aromatic heterocycles. The first-order chi connectivity index (χ1) is 9.55. The van der Waals surface area contributed by atoms with Gasteiger partial charge in [-0.05, 0) is 13.0 Å². The highest BCUT2D eigenvalue weighted by atomic mass is 16.5. The summed E-state index contributed by atoms with van der Waals surface area (Å²) >= 11 is 0. The number of nitrogens with two attached hydrogens (primary N) is 1. The number of carbonyl (C=O) groups excluding carboxylic acids is 2. The molecule has 108 valence electrons. The van der Waals surface area contributed by atoms with E-state index in [2.05, 4.69) is 0 Å². The molecule has 1 aliphatic rings. The molecule has 2 amide bonds. The number of hydrogen-bond acceptors (Lipinski definition) is 4. The second-order valence-corrected chi connectivity index (χ2v) is 4.73. The first-order valence-corrected chi connectivity index (χ1v) is 6.53. The summed E-state index contributed by atoms with van der Waals surface area (Å²) in [7, 11) is 1.56. The lowest BCUT2D eigenvalue weighted by Crippen LogP contribution is -2.53. The summed E-state index contributed by atoms with van der Waals surface area (Å²) in [6.45, 7) is 3.03. The van der Waals surface area contributed by atoms with Crippen molar-refractivity contribution in [2.45, 2.75) is 13.5 Å². The van der Waals surface area contributed by atoms with E-state index in [4.69, 9.17) is 10.5 Å². The Balaban J connectivity index is 2.14. The van der Waals surface area contributed by atoms with Gasteiger partial charge >= 0.3 is 0 Å². The van der Waals surface area contributed by atoms with Gasteiger partial charge in [0.15, 0.2) is 0 Å². The van der Waals surface area contributed by atoms with Gasteiger partial charge in [-0.3, -0.25) is 9.59 Å². The Bertz CT molecular complexity index is 530. The molecule has 2 rings (SSSR count). The van der Waals surface area contributed by atoms with Crippen LogP contribution in [0.5, 0.6) is 5.75 Å². The van der Waals surface area contributed by atoms with Crippen molar-refractivity contribution in [2.75, 3.05) is 32.5 Å². The summed E-state index contributed by atoms with van der Waals surface area (Å²) in [6, 6.07) is 5.29. The number of likely N-dealkylation sites (N-methyl/N-ethyl adjacent to an activating group) is 1. The van der Waals surface area contributed by atoms with Crippen LogP contribution >= 0.6 is 0 Å². The van der Waals surface area contributed by atoms with Crippen LogP contribution in [-0.2, 0) is 16.1 Å². The first kappa shape index (κ1) is 14.2. The molecule has 1 fully saturated rings. The van der Waals surface area contributed by atoms with E-state index < -0.39 is 0 Å². The molecule has 20 heavy (non-hydrogen) atoms. The molecule has 2 N–H and O–H groups in total. The third-order valence-electron chi connectivity index (χ3n) is 3.41. The van der Waals surface area contributed by atoms with Crippen LogP contribution in [0.1, 0.15) is 12.5 Å². The Kier molecular flexibility index (Phi) is 4.12. The van der Waals surface area contributed by atoms with E-state index in [9.17, 15) is 9.59 Å². The molecule has 6 nitrogen and oxygen atoms in total. The van der Waals surface area contributed by atoms with E-state index in [-0.39, 0.29) is 24.9 Å². The van der Waals surface area contributed by atoms with Crippen LogP contribution < -0.4 is 10.5 Å². The molecule has 0 spiro atoms. The molecule has 0 saturated carbocycles. The normalized spacial score (nSPS) is 15.7. The average Bonchev–Trinajstić information content (AvgIpc) is 2.44. The van der Waals surface area contributed by atoms with Crippen LogP contribution in [0, 0.1) is 0 Å². The van der Waals surface area contributed by atoms with Gasteiger partial charge in [-0.2, -0.15) is 0 Å². The fourth-order valence-corrected chi connectivity index (χ4v) is 2.23. The molecule has 6 heteroatoms. The number of benzene rings is 1. The number of amides is 2. The molecular formula is C14H19N3O3. The minimum atomic E-state index is -0.0506. The Morgan fingerprint density at radius 2 is 1.85 bits per heavy atom. The largest absolute Gasteiger partial charge is 0.496 e. The van der Waals surface area contributed by atoms with Gasteiger partial charge < -0.3 is 20.3 Å². The van der Waals surface area contributed by atoms with Crippen molar-refractivity contribution < 1.29 is 14.3 Å². The van der Waals surface area contributed by atoms with E-state index in [0.29, 0.717) is 24.5 Å². The summed E-state index contributed by atoms with van der Waals surface area (Å²) < 4.78 is 5.26. The standard InChI is InChI=1S/C14H19N3O3/c1-3-16-8-14(19)17(9-13(16)18)7-10-4-5-11(15)6-12(10)20-2/h4-6H,3,7-9,15H2,1-2H3. The van der Waals surface area contributed by atoms with Crippen molar-refractivity contribution in [3.05, 3.63) is 23.8 Å². The van der Waals surface area contributed by atoms with Crippen molar-refractivity contribution in [1.82, 2.24) is 9.80 Å². The fourth-order valence-electron chi connectivity index (χ4n) is 2.23. The van der Waals surface area contributed by atoms with Gasteiger partial charge in [0.25, 0.3) is 0 Å². The maximum absolute atomic E-state index is 12.0. The van der Waals surface area contributed by atoms with Gasteiger partial charge in [0.05, 0.1) is 13.7 Å². The third-order valence-corrected chi connectivity index (χ3v) is 3.41. The predicted octanol–water partition coefficient (Wildman–Crippen LogP) is 0.468. The molecule has 1 aromatic carbocycles. The van der Waals surface area contributed by atoms with Gasteiger partial charge in [-0.15, -0.1) is 0 Å². The molecule has 0 unspecified atom stereocenters.